The van der Waals surface area contributed by atoms with Gasteiger partial charge in [0, 0.05) is 11.0 Å². The first-order valence-electron chi connectivity index (χ1n) is 8.87. The summed E-state index contributed by atoms with van der Waals surface area (Å²) < 4.78 is 10.6. The molecule has 1 atom stereocenters. The first kappa shape index (κ1) is 20.5. The Morgan fingerprint density at radius 2 is 1.86 bits per heavy atom. The van der Waals surface area contributed by atoms with Crippen molar-refractivity contribution in [2.24, 2.45) is 0 Å². The maximum atomic E-state index is 12.3. The van der Waals surface area contributed by atoms with E-state index in [0.717, 1.165) is 4.90 Å². The molecule has 0 saturated heterocycles. The summed E-state index contributed by atoms with van der Waals surface area (Å²) in [4.78, 5) is 25.3. The minimum absolute atomic E-state index is 0.00464. The molecule has 3 aromatic rings. The number of phenols is 1. The lowest BCUT2D eigenvalue weighted by Crippen LogP contribution is -2.14. The van der Waals surface area contributed by atoms with Crippen LogP contribution in [0, 0.1) is 0 Å². The first-order valence-corrected chi connectivity index (χ1v) is 9.86. The first-order chi connectivity index (χ1) is 14.0. The molecule has 0 aliphatic rings. The molecule has 0 spiro atoms. The zero-order valence-electron chi connectivity index (χ0n) is 15.7. The Kier molecular flexibility index (Phi) is 6.61. The molecule has 3 rings (SSSR count). The number of phenolic OH excluding ortho intramolecular Hbond substituents is 1. The molecule has 2 aromatic carbocycles. The average molecular weight is 412 g/mol. The van der Waals surface area contributed by atoms with Gasteiger partial charge in [0.25, 0.3) is 0 Å². The van der Waals surface area contributed by atoms with Crippen molar-refractivity contribution in [3.63, 3.8) is 0 Å². The van der Waals surface area contributed by atoms with Crippen LogP contribution in [-0.2, 0) is 15.3 Å². The number of methoxy groups -OCH3 is 1. The molecule has 29 heavy (non-hydrogen) atoms. The second-order valence-corrected chi connectivity index (χ2v) is 7.37. The molecule has 150 valence electrons. The van der Waals surface area contributed by atoms with Crippen LogP contribution in [0.4, 0.5) is 0 Å². The standard InChI is InChI=1S/C22H20O6S/c1-27-20(25)12-18(14-6-5-7-15(23)10-14)22-21(26)19(24)11-16(28-22)13-29-17-8-3-2-4-9-17/h2-11,18,23,26H,12-13H2,1H3/t18-/m1/s1. The van der Waals surface area contributed by atoms with Crippen LogP contribution >= 0.6 is 11.8 Å². The summed E-state index contributed by atoms with van der Waals surface area (Å²) in [6, 6.07) is 17.1. The number of rotatable bonds is 7. The fraction of sp³-hybridized carbons (Fsp3) is 0.182. The van der Waals surface area contributed by atoms with E-state index in [-0.39, 0.29) is 17.9 Å². The van der Waals surface area contributed by atoms with Crippen LogP contribution in [0.3, 0.4) is 0 Å². The molecule has 0 aliphatic carbocycles. The van der Waals surface area contributed by atoms with E-state index in [1.165, 1.54) is 37.1 Å². The number of hydrogen-bond acceptors (Lipinski definition) is 7. The highest BCUT2D eigenvalue weighted by Gasteiger charge is 2.26. The Balaban J connectivity index is 1.98. The minimum atomic E-state index is -0.788. The van der Waals surface area contributed by atoms with E-state index >= 15 is 0 Å². The maximum Gasteiger partial charge on any atom is 0.306 e. The molecule has 0 amide bonds. The largest absolute Gasteiger partial charge is 0.508 e. The smallest absolute Gasteiger partial charge is 0.306 e. The van der Waals surface area contributed by atoms with E-state index in [2.05, 4.69) is 0 Å². The van der Waals surface area contributed by atoms with Crippen molar-refractivity contribution in [3.8, 4) is 11.5 Å². The molecule has 0 fully saturated rings. The molecule has 0 aliphatic heterocycles. The minimum Gasteiger partial charge on any atom is -0.508 e. The lowest BCUT2D eigenvalue weighted by atomic mass is 9.92. The summed E-state index contributed by atoms with van der Waals surface area (Å²) in [7, 11) is 1.25. The van der Waals surface area contributed by atoms with Gasteiger partial charge < -0.3 is 19.4 Å². The highest BCUT2D eigenvalue weighted by atomic mass is 32.2. The van der Waals surface area contributed by atoms with Crippen LogP contribution in [0.1, 0.15) is 29.4 Å². The average Bonchev–Trinajstić information content (AvgIpc) is 2.73. The van der Waals surface area contributed by atoms with Gasteiger partial charge in [0.1, 0.15) is 11.5 Å². The fourth-order valence-corrected chi connectivity index (χ4v) is 3.69. The second-order valence-electron chi connectivity index (χ2n) is 6.32. The number of carbonyl (C=O) groups excluding carboxylic acids is 1. The third kappa shape index (κ3) is 5.20. The van der Waals surface area contributed by atoms with Crippen LogP contribution in [0.5, 0.6) is 11.5 Å². The topological polar surface area (TPSA) is 97.0 Å². The monoisotopic (exact) mass is 412 g/mol. The van der Waals surface area contributed by atoms with Gasteiger partial charge in [-0.25, -0.2) is 0 Å². The van der Waals surface area contributed by atoms with E-state index in [1.54, 1.807) is 12.1 Å². The molecule has 0 saturated carbocycles. The lowest BCUT2D eigenvalue weighted by Gasteiger charge is -2.17. The van der Waals surface area contributed by atoms with Crippen molar-refractivity contribution in [1.29, 1.82) is 0 Å². The van der Waals surface area contributed by atoms with Crippen molar-refractivity contribution < 1.29 is 24.2 Å². The van der Waals surface area contributed by atoms with Gasteiger partial charge in [-0.2, -0.15) is 0 Å². The molecule has 0 radical (unpaired) electrons. The fourth-order valence-electron chi connectivity index (χ4n) is 2.89. The maximum absolute atomic E-state index is 12.3. The Morgan fingerprint density at radius 1 is 1.10 bits per heavy atom. The number of carbonyl (C=O) groups is 1. The van der Waals surface area contributed by atoms with Gasteiger partial charge >= 0.3 is 5.97 Å². The van der Waals surface area contributed by atoms with Crippen molar-refractivity contribution >= 4 is 17.7 Å². The number of aromatic hydroxyl groups is 2. The van der Waals surface area contributed by atoms with Gasteiger partial charge in [-0.1, -0.05) is 30.3 Å². The second kappa shape index (κ2) is 9.34. The van der Waals surface area contributed by atoms with E-state index in [0.29, 0.717) is 17.1 Å². The predicted molar refractivity (Wildman–Crippen MR) is 109 cm³/mol. The van der Waals surface area contributed by atoms with Crippen LogP contribution < -0.4 is 5.43 Å². The predicted octanol–water partition coefficient (Wildman–Crippen LogP) is 4.04. The van der Waals surface area contributed by atoms with E-state index in [1.807, 2.05) is 30.3 Å². The van der Waals surface area contributed by atoms with Crippen LogP contribution in [-0.4, -0.2) is 23.3 Å². The van der Waals surface area contributed by atoms with Gasteiger partial charge in [-0.15, -0.1) is 11.8 Å². The third-order valence-corrected chi connectivity index (χ3v) is 5.35. The van der Waals surface area contributed by atoms with Gasteiger partial charge in [0.15, 0.2) is 5.76 Å². The van der Waals surface area contributed by atoms with Crippen molar-refractivity contribution in [3.05, 3.63) is 88.0 Å². The molecular formula is C22H20O6S. The van der Waals surface area contributed by atoms with Gasteiger partial charge in [0.2, 0.25) is 11.2 Å². The number of hydrogen-bond donors (Lipinski definition) is 2. The highest BCUT2D eigenvalue weighted by Crippen LogP contribution is 2.35. The van der Waals surface area contributed by atoms with Crippen LogP contribution in [0.2, 0.25) is 0 Å². The van der Waals surface area contributed by atoms with Crippen molar-refractivity contribution in [2.45, 2.75) is 23.0 Å². The zero-order valence-corrected chi connectivity index (χ0v) is 16.5. The Morgan fingerprint density at radius 3 is 2.55 bits per heavy atom. The molecule has 0 bridgehead atoms. The summed E-state index contributed by atoms with van der Waals surface area (Å²) in [6.07, 6.45) is -0.161. The van der Waals surface area contributed by atoms with E-state index in [9.17, 15) is 19.8 Å². The summed E-state index contributed by atoms with van der Waals surface area (Å²) in [6.45, 7) is 0. The molecule has 2 N–H and O–H groups in total. The molecule has 7 heteroatoms. The summed E-state index contributed by atoms with van der Waals surface area (Å²) >= 11 is 1.48. The van der Waals surface area contributed by atoms with Crippen LogP contribution in [0.25, 0.3) is 0 Å². The molecule has 0 unspecified atom stereocenters. The summed E-state index contributed by atoms with van der Waals surface area (Å²) in [5.41, 5.74) is -0.0772. The van der Waals surface area contributed by atoms with Gasteiger partial charge in [0.05, 0.1) is 25.2 Å². The SMILES string of the molecule is COC(=O)C[C@H](c1cccc(O)c1)c1oc(CSc2ccccc2)cc(=O)c1O. The normalized spacial score (nSPS) is 11.8. The van der Waals surface area contributed by atoms with Crippen LogP contribution in [0.15, 0.2) is 74.8 Å². The molecule has 1 heterocycles. The Bertz CT molecular complexity index is 1040. The third-order valence-electron chi connectivity index (χ3n) is 4.31. The van der Waals surface area contributed by atoms with Gasteiger partial charge in [-0.3, -0.25) is 9.59 Å². The number of thioether (sulfide) groups is 1. The number of ether oxygens (including phenoxy) is 1. The Hall–Kier alpha value is -3.19. The number of esters is 1. The summed E-state index contributed by atoms with van der Waals surface area (Å²) in [5, 5.41) is 20.2. The summed E-state index contributed by atoms with van der Waals surface area (Å²) in [5.74, 6) is -1.18. The van der Waals surface area contributed by atoms with E-state index in [4.69, 9.17) is 9.15 Å². The lowest BCUT2D eigenvalue weighted by molar-refractivity contribution is -0.140. The molecule has 1 aromatic heterocycles. The quantitative estimate of drug-likeness (QED) is 0.446. The molecule has 6 nitrogen and oxygen atoms in total. The van der Waals surface area contributed by atoms with Crippen molar-refractivity contribution in [1.82, 2.24) is 0 Å². The molecular weight excluding hydrogens is 392 g/mol. The van der Waals surface area contributed by atoms with E-state index < -0.39 is 23.1 Å². The van der Waals surface area contributed by atoms with Gasteiger partial charge in [-0.05, 0) is 29.8 Å². The van der Waals surface area contributed by atoms with Crippen molar-refractivity contribution in [2.75, 3.05) is 7.11 Å². The zero-order chi connectivity index (χ0) is 20.8. The Labute approximate surface area is 171 Å². The highest BCUT2D eigenvalue weighted by molar-refractivity contribution is 7.98. The number of benzene rings is 2.